The molecule has 1 rings (SSSR count). The van der Waals surface area contributed by atoms with Gasteiger partial charge < -0.3 is 9.84 Å². The molecule has 0 saturated carbocycles. The van der Waals surface area contributed by atoms with Gasteiger partial charge in [-0.15, -0.1) is 0 Å². The average molecular weight is 236 g/mol. The molecular weight excluding hydrogens is 229 g/mol. The standard InChI is InChI=1S/C8H7ClFNO4/c1-15-6-2-5(10)4(3-12)7(9)8(6)11(13)14/h2,12H,3H2,1H3. The molecule has 0 heterocycles. The van der Waals surface area contributed by atoms with Crippen LogP contribution >= 0.6 is 11.6 Å². The van der Waals surface area contributed by atoms with Gasteiger partial charge in [-0.2, -0.15) is 0 Å². The monoisotopic (exact) mass is 235 g/mol. The van der Waals surface area contributed by atoms with Crippen molar-refractivity contribution >= 4 is 17.3 Å². The number of rotatable bonds is 3. The van der Waals surface area contributed by atoms with E-state index in [-0.39, 0.29) is 11.3 Å². The number of nitro benzene ring substituents is 1. The van der Waals surface area contributed by atoms with E-state index < -0.39 is 28.1 Å². The molecule has 5 nitrogen and oxygen atoms in total. The number of methoxy groups -OCH3 is 1. The number of ether oxygens (including phenoxy) is 1. The Morgan fingerprint density at radius 1 is 1.73 bits per heavy atom. The summed E-state index contributed by atoms with van der Waals surface area (Å²) in [6.45, 7) is -0.713. The highest BCUT2D eigenvalue weighted by Gasteiger charge is 2.25. The minimum Gasteiger partial charge on any atom is -0.490 e. The van der Waals surface area contributed by atoms with Crippen molar-refractivity contribution in [2.75, 3.05) is 7.11 Å². The van der Waals surface area contributed by atoms with Gasteiger partial charge in [-0.1, -0.05) is 11.6 Å². The Balaban J connectivity index is 3.53. The fourth-order valence-electron chi connectivity index (χ4n) is 1.10. The van der Waals surface area contributed by atoms with Gasteiger partial charge in [0.2, 0.25) is 5.75 Å². The highest BCUT2D eigenvalue weighted by molar-refractivity contribution is 6.33. The van der Waals surface area contributed by atoms with Crippen LogP contribution in [0.5, 0.6) is 5.75 Å². The maximum absolute atomic E-state index is 13.2. The van der Waals surface area contributed by atoms with Crippen molar-refractivity contribution in [3.8, 4) is 5.75 Å². The number of hydrogen-bond donors (Lipinski definition) is 1. The zero-order chi connectivity index (χ0) is 11.6. The molecule has 82 valence electrons. The molecule has 1 aromatic carbocycles. The number of nitro groups is 1. The molecule has 0 atom stereocenters. The second-order valence-corrected chi connectivity index (χ2v) is 2.99. The molecular formula is C8H7ClFNO4. The number of nitrogens with zero attached hydrogens (tertiary/aromatic N) is 1. The molecule has 0 aliphatic rings. The van der Waals surface area contributed by atoms with Gasteiger partial charge in [-0.3, -0.25) is 10.1 Å². The van der Waals surface area contributed by atoms with E-state index in [2.05, 4.69) is 4.74 Å². The first-order valence-electron chi connectivity index (χ1n) is 3.83. The van der Waals surface area contributed by atoms with Crippen molar-refractivity contribution in [1.82, 2.24) is 0 Å². The molecule has 7 heteroatoms. The van der Waals surface area contributed by atoms with Crippen molar-refractivity contribution in [1.29, 1.82) is 0 Å². The number of halogens is 2. The number of aliphatic hydroxyl groups excluding tert-OH is 1. The zero-order valence-electron chi connectivity index (χ0n) is 7.66. The van der Waals surface area contributed by atoms with Crippen LogP contribution in [0.2, 0.25) is 5.02 Å². The molecule has 0 fully saturated rings. The lowest BCUT2D eigenvalue weighted by molar-refractivity contribution is -0.385. The molecule has 1 N–H and O–H groups in total. The van der Waals surface area contributed by atoms with Gasteiger partial charge in [-0.05, 0) is 0 Å². The summed E-state index contributed by atoms with van der Waals surface area (Å²) in [5.41, 5.74) is -0.867. The van der Waals surface area contributed by atoms with Crippen LogP contribution in [0, 0.1) is 15.9 Å². The predicted octanol–water partition coefficient (Wildman–Crippen LogP) is 1.89. The highest BCUT2D eigenvalue weighted by Crippen LogP contribution is 2.38. The lowest BCUT2D eigenvalue weighted by atomic mass is 10.2. The van der Waals surface area contributed by atoms with E-state index in [1.807, 2.05) is 0 Å². The SMILES string of the molecule is COc1cc(F)c(CO)c(Cl)c1[N+](=O)[O-]. The summed E-state index contributed by atoms with van der Waals surface area (Å²) < 4.78 is 17.8. The van der Waals surface area contributed by atoms with Crippen molar-refractivity contribution in [3.63, 3.8) is 0 Å². The third kappa shape index (κ3) is 2.00. The quantitative estimate of drug-likeness (QED) is 0.641. The summed E-state index contributed by atoms with van der Waals surface area (Å²) in [6.07, 6.45) is 0. The van der Waals surface area contributed by atoms with E-state index >= 15 is 0 Å². The van der Waals surface area contributed by atoms with Gasteiger partial charge in [0.25, 0.3) is 0 Å². The Bertz CT molecular complexity index is 410. The van der Waals surface area contributed by atoms with Crippen LogP contribution in [0.1, 0.15) is 5.56 Å². The maximum Gasteiger partial charge on any atom is 0.329 e. The third-order valence-corrected chi connectivity index (χ3v) is 2.22. The highest BCUT2D eigenvalue weighted by atomic mass is 35.5. The minimum absolute atomic E-state index is 0.278. The molecule has 0 aliphatic carbocycles. The summed E-state index contributed by atoms with van der Waals surface area (Å²) >= 11 is 5.57. The Morgan fingerprint density at radius 2 is 2.33 bits per heavy atom. The Morgan fingerprint density at radius 3 is 2.73 bits per heavy atom. The number of hydrogen-bond acceptors (Lipinski definition) is 4. The van der Waals surface area contributed by atoms with Crippen molar-refractivity contribution in [2.24, 2.45) is 0 Å². The second kappa shape index (κ2) is 4.41. The molecule has 0 bridgehead atoms. The minimum atomic E-state index is -0.843. The lowest BCUT2D eigenvalue weighted by Crippen LogP contribution is -2.00. The van der Waals surface area contributed by atoms with E-state index in [9.17, 15) is 14.5 Å². The van der Waals surface area contributed by atoms with Crippen LogP contribution < -0.4 is 4.74 Å². The molecule has 1 aromatic rings. The Labute approximate surface area is 89.2 Å². The third-order valence-electron chi connectivity index (χ3n) is 1.81. The van der Waals surface area contributed by atoms with Gasteiger partial charge in [0.1, 0.15) is 10.8 Å². The average Bonchev–Trinajstić information content (AvgIpc) is 2.16. The first-order valence-corrected chi connectivity index (χ1v) is 4.20. The van der Waals surface area contributed by atoms with Crippen LogP contribution in [0.4, 0.5) is 10.1 Å². The van der Waals surface area contributed by atoms with Gasteiger partial charge >= 0.3 is 5.69 Å². The first kappa shape index (κ1) is 11.7. The van der Waals surface area contributed by atoms with Gasteiger partial charge in [0, 0.05) is 11.6 Å². The molecule has 0 radical (unpaired) electrons. The van der Waals surface area contributed by atoms with Gasteiger partial charge in [0.15, 0.2) is 0 Å². The maximum atomic E-state index is 13.2. The molecule has 0 saturated heterocycles. The summed E-state index contributed by atoms with van der Waals surface area (Å²) in [5, 5.41) is 19.0. The summed E-state index contributed by atoms with van der Waals surface area (Å²) in [6, 6.07) is 0.815. The molecule has 15 heavy (non-hydrogen) atoms. The topological polar surface area (TPSA) is 72.6 Å². The summed E-state index contributed by atoms with van der Waals surface area (Å²) in [5.74, 6) is -1.12. The van der Waals surface area contributed by atoms with Crippen LogP contribution in [0.25, 0.3) is 0 Å². The van der Waals surface area contributed by atoms with Gasteiger partial charge in [-0.25, -0.2) is 4.39 Å². The van der Waals surface area contributed by atoms with Crippen molar-refractivity contribution in [2.45, 2.75) is 6.61 Å². The lowest BCUT2D eigenvalue weighted by Gasteiger charge is -2.07. The largest absolute Gasteiger partial charge is 0.490 e. The first-order chi connectivity index (χ1) is 7.02. The van der Waals surface area contributed by atoms with Crippen LogP contribution in [0.3, 0.4) is 0 Å². The van der Waals surface area contributed by atoms with E-state index in [0.29, 0.717) is 0 Å². The fraction of sp³-hybridized carbons (Fsp3) is 0.250. The summed E-state index contributed by atoms with van der Waals surface area (Å²) in [7, 11) is 1.16. The molecule has 0 amide bonds. The Hall–Kier alpha value is -1.40. The van der Waals surface area contributed by atoms with Crippen LogP contribution in [-0.2, 0) is 6.61 Å². The van der Waals surface area contributed by atoms with Crippen LogP contribution in [-0.4, -0.2) is 17.1 Å². The van der Waals surface area contributed by atoms with Crippen LogP contribution in [0.15, 0.2) is 6.07 Å². The fourth-order valence-corrected chi connectivity index (χ4v) is 1.41. The number of benzene rings is 1. The number of aliphatic hydroxyl groups is 1. The molecule has 0 aromatic heterocycles. The second-order valence-electron chi connectivity index (χ2n) is 2.62. The van der Waals surface area contributed by atoms with E-state index in [1.54, 1.807) is 0 Å². The zero-order valence-corrected chi connectivity index (χ0v) is 8.42. The summed E-state index contributed by atoms with van der Waals surface area (Å²) in [4.78, 5) is 9.83. The predicted molar refractivity (Wildman–Crippen MR) is 50.5 cm³/mol. The molecule has 0 unspecified atom stereocenters. The van der Waals surface area contributed by atoms with Gasteiger partial charge in [0.05, 0.1) is 18.6 Å². The van der Waals surface area contributed by atoms with E-state index in [0.717, 1.165) is 13.2 Å². The Kier molecular flexibility index (Phi) is 3.43. The van der Waals surface area contributed by atoms with Crippen molar-refractivity contribution < 1.29 is 19.2 Å². The van der Waals surface area contributed by atoms with E-state index in [1.165, 1.54) is 0 Å². The normalized spacial score (nSPS) is 10.1. The smallest absolute Gasteiger partial charge is 0.329 e. The van der Waals surface area contributed by atoms with E-state index in [4.69, 9.17) is 16.7 Å². The molecule has 0 spiro atoms. The van der Waals surface area contributed by atoms with Crippen molar-refractivity contribution in [3.05, 3.63) is 32.6 Å². The molecule has 0 aliphatic heterocycles.